The SMILES string of the molecule is [C-]#[N+]c1cn2[nH]c(-c3ccc(OC)c(NS(=O)Oc4cc(C)ccc4OC(CCCCCC)CCC(=O)NC(=O)C(F)(F)F)c3)nc2c1C(=O)OC1C(C)CC(C)CC1C. The number of hydrogen-bond acceptors (Lipinski definition) is 9. The Kier molecular flexibility index (Phi) is 15.3. The van der Waals surface area contributed by atoms with Gasteiger partial charge < -0.3 is 18.4 Å². The quantitative estimate of drug-likeness (QED) is 0.0502. The maximum absolute atomic E-state index is 13.6. The van der Waals surface area contributed by atoms with Crippen molar-refractivity contribution in [1.29, 1.82) is 0 Å². The highest BCUT2D eigenvalue weighted by atomic mass is 32.2. The highest BCUT2D eigenvalue weighted by molar-refractivity contribution is 7.82. The Balaban J connectivity index is 1.33. The van der Waals surface area contributed by atoms with E-state index in [2.05, 4.69) is 40.4 Å². The average Bonchev–Trinajstić information content (AvgIpc) is 3.75. The number of carbonyl (C=O) groups is 3. The van der Waals surface area contributed by atoms with Crippen LogP contribution in [0, 0.1) is 31.2 Å². The number of carbonyl (C=O) groups excluding carboxylic acids is 3. The van der Waals surface area contributed by atoms with Crippen molar-refractivity contribution >= 4 is 46.1 Å². The van der Waals surface area contributed by atoms with Crippen LogP contribution in [-0.2, 0) is 25.6 Å². The van der Waals surface area contributed by atoms with Crippen LogP contribution in [0.5, 0.6) is 17.2 Å². The Morgan fingerprint density at radius 1 is 1.03 bits per heavy atom. The van der Waals surface area contributed by atoms with E-state index in [1.807, 2.05) is 6.92 Å². The lowest BCUT2D eigenvalue weighted by molar-refractivity contribution is -0.174. The average molecular weight is 857 g/mol. The van der Waals surface area contributed by atoms with Crippen LogP contribution in [0.4, 0.5) is 24.5 Å². The summed E-state index contributed by atoms with van der Waals surface area (Å²) < 4.78 is 79.6. The molecule has 0 aliphatic heterocycles. The van der Waals surface area contributed by atoms with E-state index in [9.17, 15) is 31.8 Å². The number of nitrogens with one attached hydrogen (secondary N) is 3. The van der Waals surface area contributed by atoms with E-state index in [0.29, 0.717) is 35.9 Å². The topological polar surface area (TPSA) is 167 Å². The number of imide groups is 1. The van der Waals surface area contributed by atoms with Crippen LogP contribution < -0.4 is 23.7 Å². The summed E-state index contributed by atoms with van der Waals surface area (Å²) >= 11 is -2.25. The number of unbranched alkanes of at least 4 members (excludes halogenated alkanes) is 3. The van der Waals surface area contributed by atoms with Crippen molar-refractivity contribution in [3.63, 3.8) is 0 Å². The molecule has 0 spiro atoms. The Bertz CT molecular complexity index is 2220. The van der Waals surface area contributed by atoms with Gasteiger partial charge in [0.05, 0.1) is 25.5 Å². The van der Waals surface area contributed by atoms with Gasteiger partial charge in [-0.1, -0.05) is 53.0 Å². The molecule has 18 heteroatoms. The molecule has 2 amide bonds. The molecule has 14 nitrogen and oxygen atoms in total. The first kappa shape index (κ1) is 45.5. The van der Waals surface area contributed by atoms with Gasteiger partial charge in [0.1, 0.15) is 17.4 Å². The fraction of sp³-hybridized carbons (Fsp3) is 0.500. The molecule has 0 saturated heterocycles. The van der Waals surface area contributed by atoms with Crippen molar-refractivity contribution in [2.24, 2.45) is 17.8 Å². The van der Waals surface area contributed by atoms with Crippen LogP contribution in [0.25, 0.3) is 21.9 Å². The zero-order chi connectivity index (χ0) is 43.7. The molecule has 4 aromatic rings. The lowest BCUT2D eigenvalue weighted by Gasteiger charge is -2.37. The van der Waals surface area contributed by atoms with Gasteiger partial charge in [-0.25, -0.2) is 14.6 Å². The van der Waals surface area contributed by atoms with Gasteiger partial charge in [-0.2, -0.15) is 17.4 Å². The van der Waals surface area contributed by atoms with E-state index in [-0.39, 0.29) is 58.4 Å². The summed E-state index contributed by atoms with van der Waals surface area (Å²) in [6, 6.07) is 9.90. The highest BCUT2D eigenvalue weighted by Gasteiger charge is 2.40. The lowest BCUT2D eigenvalue weighted by Crippen LogP contribution is -2.40. The summed E-state index contributed by atoms with van der Waals surface area (Å²) in [5.41, 5.74) is 1.89. The molecule has 60 heavy (non-hydrogen) atoms. The molecule has 1 aliphatic rings. The minimum atomic E-state index is -5.20. The van der Waals surface area contributed by atoms with Gasteiger partial charge in [0.2, 0.25) is 11.6 Å². The number of H-pyrrole nitrogens is 1. The van der Waals surface area contributed by atoms with Gasteiger partial charge in [0, 0.05) is 18.2 Å². The molecule has 1 fully saturated rings. The Labute approximate surface area is 349 Å². The minimum absolute atomic E-state index is 0.00389. The van der Waals surface area contributed by atoms with Crippen LogP contribution in [0.3, 0.4) is 0 Å². The largest absolute Gasteiger partial charge is 0.495 e. The number of alkyl halides is 3. The molecule has 1 aliphatic carbocycles. The third-order valence-corrected chi connectivity index (χ3v) is 11.2. The van der Waals surface area contributed by atoms with Crippen molar-refractivity contribution < 1.29 is 50.2 Å². The van der Waals surface area contributed by atoms with Gasteiger partial charge in [0.15, 0.2) is 23.0 Å². The summed E-state index contributed by atoms with van der Waals surface area (Å²) in [7, 11) is 1.44. The van der Waals surface area contributed by atoms with Crippen LogP contribution in [0.15, 0.2) is 42.6 Å². The third kappa shape index (κ3) is 11.6. The zero-order valence-corrected chi connectivity index (χ0v) is 35.3. The molecule has 2 heterocycles. The molecule has 0 bridgehead atoms. The smallest absolute Gasteiger partial charge is 0.471 e. The molecular weight excluding hydrogens is 806 g/mol. The van der Waals surface area contributed by atoms with Crippen molar-refractivity contribution in [2.75, 3.05) is 11.8 Å². The Morgan fingerprint density at radius 3 is 2.42 bits per heavy atom. The van der Waals surface area contributed by atoms with Crippen molar-refractivity contribution in [1.82, 2.24) is 19.9 Å². The maximum atomic E-state index is 13.6. The number of rotatable bonds is 18. The molecule has 2 aromatic carbocycles. The first-order valence-corrected chi connectivity index (χ1v) is 21.0. The predicted molar refractivity (Wildman–Crippen MR) is 219 cm³/mol. The van der Waals surface area contributed by atoms with Gasteiger partial charge in [0.25, 0.3) is 0 Å². The number of amides is 2. The Hall–Kier alpha value is -5.57. The van der Waals surface area contributed by atoms with E-state index in [0.717, 1.165) is 37.7 Å². The molecule has 4 atom stereocenters. The van der Waals surface area contributed by atoms with Gasteiger partial charge in [-0.05, 0) is 92.7 Å². The molecule has 4 unspecified atom stereocenters. The second kappa shape index (κ2) is 20.1. The van der Waals surface area contributed by atoms with E-state index in [1.165, 1.54) is 23.1 Å². The molecule has 324 valence electrons. The van der Waals surface area contributed by atoms with E-state index >= 15 is 0 Å². The molecule has 2 aromatic heterocycles. The fourth-order valence-corrected chi connectivity index (χ4v) is 8.31. The number of esters is 1. The second-order valence-corrected chi connectivity index (χ2v) is 16.3. The van der Waals surface area contributed by atoms with Crippen molar-refractivity contribution in [2.45, 2.75) is 111 Å². The van der Waals surface area contributed by atoms with Crippen molar-refractivity contribution in [3.8, 4) is 28.6 Å². The second-order valence-electron chi connectivity index (χ2n) is 15.5. The standard InChI is InChI=1S/C42H51F3N6O8S/c1-8-9-10-11-12-29(15-18-35(52)47-41(54)42(43,44)45)57-33-16-13-24(2)21-34(33)59-60(55)50-30-22-28(14-17-32(30)56-7)38-48-39-36(31(46-6)23-51(39)49-38)40(53)58-37-26(4)19-25(3)20-27(37)5/h13-14,16-17,21-23,25-27,29,37,50H,8-12,15,18-20H2,1-5,7H3,(H,48,49)(H,47,52,54). The summed E-state index contributed by atoms with van der Waals surface area (Å²) in [4.78, 5) is 45.3. The number of methoxy groups -OCH3 is 1. The third-order valence-electron chi connectivity index (χ3n) is 10.4. The monoisotopic (exact) mass is 856 g/mol. The number of nitrogens with zero attached hydrogens (tertiary/aromatic N) is 3. The first-order chi connectivity index (χ1) is 28.5. The van der Waals surface area contributed by atoms with E-state index < -0.39 is 47.8 Å². The lowest BCUT2D eigenvalue weighted by atomic mass is 9.75. The molecule has 1 saturated carbocycles. The maximum Gasteiger partial charge on any atom is 0.471 e. The zero-order valence-electron chi connectivity index (χ0n) is 34.4. The number of aromatic nitrogens is 3. The number of fused-ring (bicyclic) bond motifs is 1. The number of ether oxygens (including phenoxy) is 3. The van der Waals surface area contributed by atoms with Gasteiger partial charge in [-0.15, -0.1) is 0 Å². The minimum Gasteiger partial charge on any atom is -0.495 e. The summed E-state index contributed by atoms with van der Waals surface area (Å²) in [6.45, 7) is 17.9. The number of aryl methyl sites for hydroxylation is 1. The molecular formula is C42H51F3N6O8S. The summed E-state index contributed by atoms with van der Waals surface area (Å²) in [6.07, 6.45) is 0.781. The number of anilines is 1. The van der Waals surface area contributed by atoms with Crippen LogP contribution in [0.1, 0.15) is 101 Å². The first-order valence-electron chi connectivity index (χ1n) is 19.9. The van der Waals surface area contributed by atoms with Crippen molar-refractivity contribution in [3.05, 3.63) is 65.1 Å². The van der Waals surface area contributed by atoms with E-state index in [4.69, 9.17) is 25.0 Å². The Morgan fingerprint density at radius 2 is 1.75 bits per heavy atom. The van der Waals surface area contributed by atoms with Gasteiger partial charge >= 0.3 is 29.3 Å². The summed E-state index contributed by atoms with van der Waals surface area (Å²) in [5, 5.41) is 4.47. The number of hydrogen-bond donors (Lipinski definition) is 3. The van der Waals surface area contributed by atoms with Crippen LogP contribution >= 0.6 is 0 Å². The number of aromatic amines is 1. The van der Waals surface area contributed by atoms with Gasteiger partial charge in [-0.3, -0.25) is 29.2 Å². The normalized spacial score (nSPS) is 18.9. The molecule has 0 radical (unpaired) electrons. The number of halogens is 3. The van der Waals surface area contributed by atoms with Crippen LogP contribution in [-0.4, -0.2) is 62.1 Å². The van der Waals surface area contributed by atoms with Crippen LogP contribution in [0.2, 0.25) is 0 Å². The predicted octanol–water partition coefficient (Wildman–Crippen LogP) is 9.20. The van der Waals surface area contributed by atoms with E-state index in [1.54, 1.807) is 43.3 Å². The molecule has 3 N–H and O–H groups in total. The summed E-state index contributed by atoms with van der Waals surface area (Å²) in [5.74, 6) is -2.27. The fourth-order valence-electron chi connectivity index (χ4n) is 7.64. The number of benzene rings is 2. The highest BCUT2D eigenvalue weighted by Crippen LogP contribution is 2.38. The molecule has 5 rings (SSSR count).